The number of hydrogen-bond acceptors (Lipinski definition) is 4. The van der Waals surface area contributed by atoms with Gasteiger partial charge in [0.2, 0.25) is 5.75 Å². The van der Waals surface area contributed by atoms with Crippen LogP contribution < -0.4 is 14.2 Å². The van der Waals surface area contributed by atoms with Gasteiger partial charge in [-0.1, -0.05) is 88.7 Å². The van der Waals surface area contributed by atoms with E-state index in [-0.39, 0.29) is 12.2 Å². The molecule has 6 rings (SSSR count). The summed E-state index contributed by atoms with van der Waals surface area (Å²) in [6.07, 6.45) is 1.97. The van der Waals surface area contributed by atoms with E-state index >= 15 is 0 Å². The molecular formula is C30H23BrO4. The molecule has 5 heteroatoms. The fourth-order valence-corrected chi connectivity index (χ4v) is 4.43. The van der Waals surface area contributed by atoms with Gasteiger partial charge in [-0.15, -0.1) is 0 Å². The summed E-state index contributed by atoms with van der Waals surface area (Å²) in [5.41, 5.74) is 4.09. The van der Waals surface area contributed by atoms with Crippen molar-refractivity contribution in [3.05, 3.63) is 130 Å². The maximum atomic E-state index is 6.56. The highest BCUT2D eigenvalue weighted by molar-refractivity contribution is 9.10. The molecule has 0 bridgehead atoms. The second-order valence-corrected chi connectivity index (χ2v) is 9.44. The molecule has 1 saturated heterocycles. The summed E-state index contributed by atoms with van der Waals surface area (Å²) in [6.45, 7) is 0.827. The Balaban J connectivity index is 1.37. The van der Waals surface area contributed by atoms with Crippen LogP contribution in [0.3, 0.4) is 0 Å². The lowest BCUT2D eigenvalue weighted by atomic mass is 10.1. The van der Waals surface area contributed by atoms with E-state index in [0.717, 1.165) is 32.5 Å². The quantitative estimate of drug-likeness (QED) is 0.234. The molecule has 0 saturated carbocycles. The molecule has 35 heavy (non-hydrogen) atoms. The van der Waals surface area contributed by atoms with E-state index in [9.17, 15) is 0 Å². The molecule has 0 spiro atoms. The Labute approximate surface area is 212 Å². The SMILES string of the molecule is Brc1ccc(C2=CC3OC3c3ccc(OCc4ccccc4)c(OCc4ccccc4)c3O2)cc1. The Morgan fingerprint density at radius 1 is 0.714 bits per heavy atom. The highest BCUT2D eigenvalue weighted by Crippen LogP contribution is 2.53. The molecule has 0 radical (unpaired) electrons. The zero-order valence-electron chi connectivity index (χ0n) is 18.9. The van der Waals surface area contributed by atoms with Crippen LogP contribution >= 0.6 is 15.9 Å². The lowest BCUT2D eigenvalue weighted by Gasteiger charge is -2.20. The van der Waals surface area contributed by atoms with E-state index < -0.39 is 0 Å². The Morgan fingerprint density at radius 2 is 1.37 bits per heavy atom. The van der Waals surface area contributed by atoms with Crippen molar-refractivity contribution in [2.45, 2.75) is 25.4 Å². The van der Waals surface area contributed by atoms with Crippen LogP contribution in [0.5, 0.6) is 17.2 Å². The Hall–Kier alpha value is -3.54. The van der Waals surface area contributed by atoms with E-state index in [1.165, 1.54) is 0 Å². The maximum absolute atomic E-state index is 6.56. The van der Waals surface area contributed by atoms with Crippen LogP contribution in [0.4, 0.5) is 0 Å². The van der Waals surface area contributed by atoms with E-state index in [4.69, 9.17) is 18.9 Å². The van der Waals surface area contributed by atoms with Crippen molar-refractivity contribution in [3.8, 4) is 17.2 Å². The van der Waals surface area contributed by atoms with Crippen molar-refractivity contribution < 1.29 is 18.9 Å². The van der Waals surface area contributed by atoms with Gasteiger partial charge in [0.1, 0.15) is 31.2 Å². The third-order valence-electron chi connectivity index (χ3n) is 6.06. The highest BCUT2D eigenvalue weighted by atomic mass is 79.9. The number of fused-ring (bicyclic) bond motifs is 3. The minimum Gasteiger partial charge on any atom is -0.485 e. The van der Waals surface area contributed by atoms with Crippen molar-refractivity contribution >= 4 is 21.7 Å². The third kappa shape index (κ3) is 4.83. The molecule has 2 heterocycles. The summed E-state index contributed by atoms with van der Waals surface area (Å²) in [6, 6.07) is 32.2. The first kappa shape index (κ1) is 22.0. The average Bonchev–Trinajstić information content (AvgIpc) is 3.68. The molecule has 2 aliphatic heterocycles. The van der Waals surface area contributed by atoms with Crippen molar-refractivity contribution in [1.29, 1.82) is 0 Å². The summed E-state index contributed by atoms with van der Waals surface area (Å²) < 4.78 is 26.2. The van der Waals surface area contributed by atoms with Gasteiger partial charge in [-0.3, -0.25) is 0 Å². The number of hydrogen-bond donors (Lipinski definition) is 0. The Kier molecular flexibility index (Phi) is 6.03. The molecule has 2 unspecified atom stereocenters. The number of halogens is 1. The van der Waals surface area contributed by atoms with E-state index in [1.54, 1.807) is 0 Å². The highest BCUT2D eigenvalue weighted by Gasteiger charge is 2.44. The molecule has 4 aromatic rings. The third-order valence-corrected chi connectivity index (χ3v) is 6.59. The minimum absolute atomic E-state index is 0.0204. The summed E-state index contributed by atoms with van der Waals surface area (Å²) >= 11 is 3.51. The number of epoxide rings is 1. The van der Waals surface area contributed by atoms with Crippen LogP contribution in [0.1, 0.15) is 28.4 Å². The van der Waals surface area contributed by atoms with Crippen LogP contribution in [0.25, 0.3) is 5.76 Å². The van der Waals surface area contributed by atoms with Gasteiger partial charge >= 0.3 is 0 Å². The first-order chi connectivity index (χ1) is 17.2. The standard InChI is InChI=1S/C30H23BrO4/c31-23-13-11-22(12-14-23)26-17-27-28(35-27)24-15-16-25(32-18-20-7-3-1-4-8-20)30(29(24)34-26)33-19-21-9-5-2-6-10-21/h1-17,27-28H,18-19H2. The van der Waals surface area contributed by atoms with Gasteiger partial charge in [0.25, 0.3) is 0 Å². The molecule has 0 N–H and O–H groups in total. The number of benzene rings is 4. The lowest BCUT2D eigenvalue weighted by molar-refractivity contribution is 0.247. The monoisotopic (exact) mass is 526 g/mol. The predicted octanol–water partition coefficient (Wildman–Crippen LogP) is 7.48. The van der Waals surface area contributed by atoms with Gasteiger partial charge in [0.05, 0.1) is 0 Å². The molecule has 2 aliphatic rings. The van der Waals surface area contributed by atoms with Crippen molar-refractivity contribution in [2.24, 2.45) is 0 Å². The van der Waals surface area contributed by atoms with Crippen molar-refractivity contribution in [1.82, 2.24) is 0 Å². The van der Waals surface area contributed by atoms with Crippen LogP contribution in [0, 0.1) is 0 Å². The maximum Gasteiger partial charge on any atom is 0.204 e. The topological polar surface area (TPSA) is 40.2 Å². The van der Waals surface area contributed by atoms with E-state index in [2.05, 4.69) is 15.9 Å². The molecule has 0 aliphatic carbocycles. The molecule has 174 valence electrons. The largest absolute Gasteiger partial charge is 0.485 e. The fourth-order valence-electron chi connectivity index (χ4n) is 4.17. The molecule has 0 amide bonds. The van der Waals surface area contributed by atoms with Crippen molar-refractivity contribution in [2.75, 3.05) is 0 Å². The predicted molar refractivity (Wildman–Crippen MR) is 138 cm³/mol. The van der Waals surface area contributed by atoms with Crippen molar-refractivity contribution in [3.63, 3.8) is 0 Å². The summed E-state index contributed by atoms with van der Waals surface area (Å²) in [4.78, 5) is 0. The summed E-state index contributed by atoms with van der Waals surface area (Å²) in [5, 5.41) is 0. The zero-order valence-corrected chi connectivity index (χ0v) is 20.5. The number of ether oxygens (including phenoxy) is 4. The van der Waals surface area contributed by atoms with E-state index in [1.807, 2.05) is 103 Å². The average molecular weight is 527 g/mol. The zero-order chi connectivity index (χ0) is 23.6. The first-order valence-corrected chi connectivity index (χ1v) is 12.4. The van der Waals surface area contributed by atoms with Gasteiger partial charge in [-0.2, -0.15) is 0 Å². The molecular weight excluding hydrogens is 504 g/mol. The van der Waals surface area contributed by atoms with Crippen LogP contribution in [0.2, 0.25) is 0 Å². The van der Waals surface area contributed by atoms with E-state index in [0.29, 0.717) is 30.5 Å². The molecule has 2 atom stereocenters. The lowest BCUT2D eigenvalue weighted by Crippen LogP contribution is -2.05. The minimum atomic E-state index is -0.0554. The van der Waals surface area contributed by atoms with Gasteiger partial charge in [-0.25, -0.2) is 0 Å². The molecule has 0 aromatic heterocycles. The molecule has 4 aromatic carbocycles. The van der Waals surface area contributed by atoms with Gasteiger partial charge in [0.15, 0.2) is 11.5 Å². The van der Waals surface area contributed by atoms with Crippen LogP contribution in [0.15, 0.2) is 108 Å². The van der Waals surface area contributed by atoms with Crippen LogP contribution in [-0.4, -0.2) is 6.10 Å². The van der Waals surface area contributed by atoms with Crippen LogP contribution in [-0.2, 0) is 18.0 Å². The number of rotatable bonds is 7. The smallest absolute Gasteiger partial charge is 0.204 e. The Bertz CT molecular complexity index is 1350. The fraction of sp³-hybridized carbons (Fsp3) is 0.133. The van der Waals surface area contributed by atoms with Gasteiger partial charge in [0, 0.05) is 15.6 Å². The molecule has 1 fully saturated rings. The normalized spacial score (nSPS) is 17.8. The Morgan fingerprint density at radius 3 is 2.06 bits per heavy atom. The summed E-state index contributed by atoms with van der Waals surface area (Å²) in [7, 11) is 0. The second kappa shape index (κ2) is 9.61. The van der Waals surface area contributed by atoms with Gasteiger partial charge in [-0.05, 0) is 41.5 Å². The second-order valence-electron chi connectivity index (χ2n) is 8.52. The molecule has 4 nitrogen and oxygen atoms in total. The first-order valence-electron chi connectivity index (χ1n) is 11.6. The summed E-state index contributed by atoms with van der Waals surface area (Å²) in [5.74, 6) is 2.61. The van der Waals surface area contributed by atoms with Gasteiger partial charge < -0.3 is 18.9 Å².